The van der Waals surface area contributed by atoms with Gasteiger partial charge in [0.25, 0.3) is 5.91 Å². The van der Waals surface area contributed by atoms with Crippen molar-refractivity contribution >= 4 is 11.9 Å². The molecule has 0 aliphatic heterocycles. The summed E-state index contributed by atoms with van der Waals surface area (Å²) in [5.41, 5.74) is 6.34. The predicted molar refractivity (Wildman–Crippen MR) is 100 cm³/mol. The number of nitrogens with zero attached hydrogens (tertiary/aromatic N) is 2. The Morgan fingerprint density at radius 1 is 0.962 bits per heavy atom. The Hall–Kier alpha value is -2.95. The lowest BCUT2D eigenvalue weighted by molar-refractivity contribution is 0.102. The summed E-state index contributed by atoms with van der Waals surface area (Å²) in [6, 6.07) is 12.1. The van der Waals surface area contributed by atoms with Gasteiger partial charge in [0.05, 0.1) is 0 Å². The van der Waals surface area contributed by atoms with Gasteiger partial charge in [-0.05, 0) is 74.9 Å². The SMILES string of the molecule is Cc1cc(C)cc(-c2nnc(NC(=O)c3ccc4c(c3)CCCC4)o2)c1. The molecule has 0 radical (unpaired) electrons. The molecule has 5 nitrogen and oxygen atoms in total. The van der Waals surface area contributed by atoms with Crippen LogP contribution in [0.15, 0.2) is 40.8 Å². The molecular formula is C21H21N3O2. The Bertz CT molecular complexity index is 955. The van der Waals surface area contributed by atoms with E-state index < -0.39 is 0 Å². The van der Waals surface area contributed by atoms with Crippen molar-refractivity contribution in [3.63, 3.8) is 0 Å². The first kappa shape index (κ1) is 16.5. The van der Waals surface area contributed by atoms with E-state index in [2.05, 4.69) is 27.6 Å². The van der Waals surface area contributed by atoms with Gasteiger partial charge < -0.3 is 4.42 Å². The van der Waals surface area contributed by atoms with Gasteiger partial charge in [-0.15, -0.1) is 5.10 Å². The molecule has 1 amide bonds. The number of anilines is 1. The zero-order valence-electron chi connectivity index (χ0n) is 15.0. The maximum atomic E-state index is 12.5. The average molecular weight is 347 g/mol. The summed E-state index contributed by atoms with van der Waals surface area (Å²) in [4.78, 5) is 12.5. The van der Waals surface area contributed by atoms with Crippen molar-refractivity contribution in [2.24, 2.45) is 0 Å². The molecule has 5 heteroatoms. The number of carbonyl (C=O) groups is 1. The number of benzene rings is 2. The highest BCUT2D eigenvalue weighted by molar-refractivity contribution is 6.03. The Labute approximate surface area is 152 Å². The van der Waals surface area contributed by atoms with Gasteiger partial charge in [-0.3, -0.25) is 10.1 Å². The van der Waals surface area contributed by atoms with Crippen LogP contribution in [0.3, 0.4) is 0 Å². The second-order valence-corrected chi connectivity index (χ2v) is 6.93. The summed E-state index contributed by atoms with van der Waals surface area (Å²) in [5.74, 6) is 0.173. The number of carbonyl (C=O) groups excluding carboxylic acids is 1. The highest BCUT2D eigenvalue weighted by Crippen LogP contribution is 2.24. The molecule has 1 aliphatic carbocycles. The summed E-state index contributed by atoms with van der Waals surface area (Å²) in [6.07, 6.45) is 4.54. The Morgan fingerprint density at radius 3 is 2.46 bits per heavy atom. The van der Waals surface area contributed by atoms with E-state index >= 15 is 0 Å². The largest absolute Gasteiger partial charge is 0.403 e. The molecule has 0 bridgehead atoms. The van der Waals surface area contributed by atoms with Crippen molar-refractivity contribution in [1.29, 1.82) is 0 Å². The molecule has 0 saturated carbocycles. The molecule has 0 spiro atoms. The van der Waals surface area contributed by atoms with E-state index in [1.807, 2.05) is 38.1 Å². The highest BCUT2D eigenvalue weighted by Gasteiger charge is 2.16. The molecule has 3 aromatic rings. The van der Waals surface area contributed by atoms with Gasteiger partial charge in [-0.25, -0.2) is 0 Å². The first-order valence-corrected chi connectivity index (χ1v) is 8.94. The van der Waals surface area contributed by atoms with Crippen LogP contribution in [0.2, 0.25) is 0 Å². The van der Waals surface area contributed by atoms with Crippen LogP contribution >= 0.6 is 0 Å². The van der Waals surface area contributed by atoms with Crippen molar-refractivity contribution in [2.75, 3.05) is 5.32 Å². The lowest BCUT2D eigenvalue weighted by Crippen LogP contribution is -2.13. The normalized spacial score (nSPS) is 13.3. The number of amides is 1. The molecule has 4 rings (SSSR count). The zero-order chi connectivity index (χ0) is 18.1. The molecule has 0 atom stereocenters. The molecular weight excluding hydrogens is 326 g/mol. The summed E-state index contributed by atoms with van der Waals surface area (Å²) >= 11 is 0. The molecule has 1 aromatic heterocycles. The fourth-order valence-corrected chi connectivity index (χ4v) is 3.53. The third kappa shape index (κ3) is 3.38. The second kappa shape index (κ2) is 6.75. The first-order chi connectivity index (χ1) is 12.6. The number of aryl methyl sites for hydroxylation is 4. The van der Waals surface area contributed by atoms with Crippen molar-refractivity contribution in [1.82, 2.24) is 10.2 Å². The van der Waals surface area contributed by atoms with Crippen LogP contribution in [-0.2, 0) is 12.8 Å². The van der Waals surface area contributed by atoms with E-state index in [0.29, 0.717) is 11.5 Å². The van der Waals surface area contributed by atoms with Gasteiger partial charge in [-0.2, -0.15) is 0 Å². The molecule has 26 heavy (non-hydrogen) atoms. The van der Waals surface area contributed by atoms with E-state index in [1.165, 1.54) is 24.0 Å². The lowest BCUT2D eigenvalue weighted by Gasteiger charge is -2.16. The summed E-state index contributed by atoms with van der Waals surface area (Å²) in [5, 5.41) is 10.7. The van der Waals surface area contributed by atoms with Crippen LogP contribution < -0.4 is 5.32 Å². The predicted octanol–water partition coefficient (Wildman–Crippen LogP) is 4.48. The van der Waals surface area contributed by atoms with Gasteiger partial charge in [0.1, 0.15) is 0 Å². The van der Waals surface area contributed by atoms with Crippen LogP contribution in [0.1, 0.15) is 45.5 Å². The summed E-state index contributed by atoms with van der Waals surface area (Å²) < 4.78 is 5.63. The van der Waals surface area contributed by atoms with E-state index in [0.717, 1.165) is 29.5 Å². The molecule has 1 heterocycles. The maximum Gasteiger partial charge on any atom is 0.322 e. The van der Waals surface area contributed by atoms with E-state index in [1.54, 1.807) is 0 Å². The van der Waals surface area contributed by atoms with Gasteiger partial charge in [0.2, 0.25) is 5.89 Å². The first-order valence-electron chi connectivity index (χ1n) is 8.94. The zero-order valence-corrected chi connectivity index (χ0v) is 15.0. The minimum Gasteiger partial charge on any atom is -0.403 e. The lowest BCUT2D eigenvalue weighted by atomic mass is 9.90. The molecule has 0 unspecified atom stereocenters. The molecule has 132 valence electrons. The minimum absolute atomic E-state index is 0.113. The van der Waals surface area contributed by atoms with Crippen LogP contribution in [-0.4, -0.2) is 16.1 Å². The van der Waals surface area contributed by atoms with Crippen molar-refractivity contribution in [3.05, 3.63) is 64.2 Å². The van der Waals surface area contributed by atoms with Gasteiger partial charge in [0, 0.05) is 11.1 Å². The van der Waals surface area contributed by atoms with Gasteiger partial charge in [0.15, 0.2) is 0 Å². The fourth-order valence-electron chi connectivity index (χ4n) is 3.53. The molecule has 1 N–H and O–H groups in total. The molecule has 0 saturated heterocycles. The average Bonchev–Trinajstić information content (AvgIpc) is 3.09. The van der Waals surface area contributed by atoms with Crippen molar-refractivity contribution in [2.45, 2.75) is 39.5 Å². The third-order valence-electron chi connectivity index (χ3n) is 4.72. The van der Waals surface area contributed by atoms with Crippen molar-refractivity contribution < 1.29 is 9.21 Å². The molecule has 2 aromatic carbocycles. The number of fused-ring (bicyclic) bond motifs is 1. The van der Waals surface area contributed by atoms with E-state index in [4.69, 9.17) is 4.42 Å². The monoisotopic (exact) mass is 347 g/mol. The van der Waals surface area contributed by atoms with Crippen molar-refractivity contribution in [3.8, 4) is 11.5 Å². The minimum atomic E-state index is -0.228. The number of aromatic nitrogens is 2. The summed E-state index contributed by atoms with van der Waals surface area (Å²) in [6.45, 7) is 4.04. The number of rotatable bonds is 3. The Morgan fingerprint density at radius 2 is 1.69 bits per heavy atom. The smallest absolute Gasteiger partial charge is 0.322 e. The number of hydrogen-bond acceptors (Lipinski definition) is 4. The van der Waals surface area contributed by atoms with Gasteiger partial charge >= 0.3 is 6.01 Å². The van der Waals surface area contributed by atoms with E-state index in [-0.39, 0.29) is 11.9 Å². The maximum absolute atomic E-state index is 12.5. The topological polar surface area (TPSA) is 68.0 Å². The quantitative estimate of drug-likeness (QED) is 0.758. The van der Waals surface area contributed by atoms with Gasteiger partial charge in [-0.1, -0.05) is 28.4 Å². The number of hydrogen-bond donors (Lipinski definition) is 1. The van der Waals surface area contributed by atoms with Crippen LogP contribution in [0.5, 0.6) is 0 Å². The fraction of sp³-hybridized carbons (Fsp3) is 0.286. The van der Waals surface area contributed by atoms with E-state index in [9.17, 15) is 4.79 Å². The molecule has 1 aliphatic rings. The second-order valence-electron chi connectivity index (χ2n) is 6.93. The third-order valence-corrected chi connectivity index (χ3v) is 4.72. The van der Waals surface area contributed by atoms with Crippen LogP contribution in [0.25, 0.3) is 11.5 Å². The Balaban J connectivity index is 1.53. The highest BCUT2D eigenvalue weighted by atomic mass is 16.4. The number of nitrogens with one attached hydrogen (secondary N) is 1. The summed E-state index contributed by atoms with van der Waals surface area (Å²) in [7, 11) is 0. The molecule has 0 fully saturated rings. The van der Waals surface area contributed by atoms with Crippen LogP contribution in [0, 0.1) is 13.8 Å². The van der Waals surface area contributed by atoms with Crippen LogP contribution in [0.4, 0.5) is 6.01 Å². The Kier molecular flexibility index (Phi) is 4.29. The standard InChI is InChI=1S/C21H21N3O2/c1-13-9-14(2)11-18(10-13)20-23-24-21(26-20)22-19(25)17-8-7-15-5-3-4-6-16(15)12-17/h7-12H,3-6H2,1-2H3,(H,22,24,25).